The molecule has 5 nitrogen and oxygen atoms in total. The minimum absolute atomic E-state index is 0.0326. The van der Waals surface area contributed by atoms with E-state index in [-0.39, 0.29) is 23.3 Å². The van der Waals surface area contributed by atoms with Gasteiger partial charge in [0, 0.05) is 27.7 Å². The zero-order chi connectivity index (χ0) is 17.9. The molecule has 24 heavy (non-hydrogen) atoms. The van der Waals surface area contributed by atoms with E-state index in [2.05, 4.69) is 45.1 Å². The fraction of sp³-hybridized carbons (Fsp3) is 0.389. The Bertz CT molecular complexity index is 795. The van der Waals surface area contributed by atoms with E-state index in [1.165, 1.54) is 0 Å². The number of halogens is 1. The molecule has 6 heteroatoms. The number of hydrogen-bond donors (Lipinski definition) is 2. The van der Waals surface area contributed by atoms with Crippen molar-refractivity contribution in [1.82, 2.24) is 15.3 Å². The number of H-pyrrole nitrogens is 1. The lowest BCUT2D eigenvalue weighted by molar-refractivity contribution is -0.120. The Morgan fingerprint density at radius 1 is 1.25 bits per heavy atom. The van der Waals surface area contributed by atoms with Crippen molar-refractivity contribution >= 4 is 21.8 Å². The molecule has 2 aromatic rings. The molecule has 128 valence electrons. The van der Waals surface area contributed by atoms with Crippen LogP contribution in [0.1, 0.15) is 36.5 Å². The normalized spacial score (nSPS) is 11.4. The third kappa shape index (κ3) is 4.54. The lowest BCUT2D eigenvalue weighted by Crippen LogP contribution is -2.38. The van der Waals surface area contributed by atoms with E-state index in [1.807, 2.05) is 24.3 Å². The van der Waals surface area contributed by atoms with Crippen molar-refractivity contribution in [3.63, 3.8) is 0 Å². The van der Waals surface area contributed by atoms with Crippen LogP contribution in [0.2, 0.25) is 0 Å². The molecule has 1 amide bonds. The minimum atomic E-state index is -0.248. The van der Waals surface area contributed by atoms with Gasteiger partial charge in [-0.25, -0.2) is 4.98 Å². The summed E-state index contributed by atoms with van der Waals surface area (Å²) in [6, 6.07) is 8.05. The molecule has 0 atom stereocenters. The SMILES string of the molecule is Cc1nc(C)c(CC(=O)NCC(C)(C)c2ccc(Br)cc2)c(=O)[nH]1. The number of benzene rings is 1. The number of nitrogens with zero attached hydrogens (tertiary/aromatic N) is 1. The first kappa shape index (κ1) is 18.4. The predicted octanol–water partition coefficient (Wildman–Crippen LogP) is 2.79. The molecule has 0 radical (unpaired) electrons. The summed E-state index contributed by atoms with van der Waals surface area (Å²) in [5, 5.41) is 2.92. The van der Waals surface area contributed by atoms with E-state index in [0.29, 0.717) is 23.6 Å². The van der Waals surface area contributed by atoms with Crippen molar-refractivity contribution in [2.24, 2.45) is 0 Å². The Hall–Kier alpha value is -1.95. The molecule has 0 unspecified atom stereocenters. The van der Waals surface area contributed by atoms with Crippen LogP contribution in [0.15, 0.2) is 33.5 Å². The van der Waals surface area contributed by atoms with Gasteiger partial charge in [0.15, 0.2) is 0 Å². The van der Waals surface area contributed by atoms with Crippen LogP contribution in [-0.4, -0.2) is 22.4 Å². The number of carbonyl (C=O) groups is 1. The van der Waals surface area contributed by atoms with Crippen molar-refractivity contribution in [3.05, 3.63) is 61.7 Å². The van der Waals surface area contributed by atoms with Gasteiger partial charge >= 0.3 is 0 Å². The molecule has 2 rings (SSSR count). The predicted molar refractivity (Wildman–Crippen MR) is 98.2 cm³/mol. The number of aromatic nitrogens is 2. The summed E-state index contributed by atoms with van der Waals surface area (Å²) in [6.45, 7) is 8.10. The van der Waals surface area contributed by atoms with Crippen molar-refractivity contribution in [3.8, 4) is 0 Å². The molecule has 0 fully saturated rings. The molecular formula is C18H22BrN3O2. The van der Waals surface area contributed by atoms with Crippen molar-refractivity contribution in [2.45, 2.75) is 39.5 Å². The van der Waals surface area contributed by atoms with Crippen LogP contribution in [-0.2, 0) is 16.6 Å². The number of amides is 1. The first-order valence-corrected chi connectivity index (χ1v) is 8.57. The second kappa shape index (κ2) is 7.30. The number of carbonyl (C=O) groups excluding carboxylic acids is 1. The molecular weight excluding hydrogens is 370 g/mol. The van der Waals surface area contributed by atoms with Gasteiger partial charge in [0.2, 0.25) is 5.91 Å². The Labute approximate surface area is 150 Å². The van der Waals surface area contributed by atoms with E-state index >= 15 is 0 Å². The third-order valence-electron chi connectivity index (χ3n) is 4.03. The molecule has 0 aliphatic heterocycles. The molecule has 1 heterocycles. The Morgan fingerprint density at radius 3 is 2.46 bits per heavy atom. The highest BCUT2D eigenvalue weighted by Crippen LogP contribution is 2.24. The highest BCUT2D eigenvalue weighted by atomic mass is 79.9. The first-order chi connectivity index (χ1) is 11.2. The van der Waals surface area contributed by atoms with Crippen LogP contribution in [0, 0.1) is 13.8 Å². The number of nitrogens with one attached hydrogen (secondary N) is 2. The van der Waals surface area contributed by atoms with Gasteiger partial charge < -0.3 is 10.3 Å². The molecule has 0 aliphatic rings. The van der Waals surface area contributed by atoms with Crippen molar-refractivity contribution in [2.75, 3.05) is 6.54 Å². The summed E-state index contributed by atoms with van der Waals surface area (Å²) in [6.07, 6.45) is 0.0326. The highest BCUT2D eigenvalue weighted by Gasteiger charge is 2.22. The summed E-state index contributed by atoms with van der Waals surface area (Å²) < 4.78 is 1.02. The summed E-state index contributed by atoms with van der Waals surface area (Å²) in [5.74, 6) is 0.373. The molecule has 1 aromatic heterocycles. The maximum Gasteiger partial charge on any atom is 0.254 e. The quantitative estimate of drug-likeness (QED) is 0.822. The Kier molecular flexibility index (Phi) is 5.59. The molecule has 0 aliphatic carbocycles. The summed E-state index contributed by atoms with van der Waals surface area (Å²) in [7, 11) is 0. The number of hydrogen-bond acceptors (Lipinski definition) is 3. The van der Waals surface area contributed by atoms with Gasteiger partial charge in [-0.15, -0.1) is 0 Å². The molecule has 0 saturated heterocycles. The van der Waals surface area contributed by atoms with Gasteiger partial charge in [0.05, 0.1) is 6.42 Å². The van der Waals surface area contributed by atoms with Gasteiger partial charge in [-0.1, -0.05) is 41.9 Å². The maximum absolute atomic E-state index is 12.2. The largest absolute Gasteiger partial charge is 0.355 e. The average Bonchev–Trinajstić information content (AvgIpc) is 2.49. The highest BCUT2D eigenvalue weighted by molar-refractivity contribution is 9.10. The van der Waals surface area contributed by atoms with Crippen LogP contribution >= 0.6 is 15.9 Å². The molecule has 1 aromatic carbocycles. The van der Waals surface area contributed by atoms with E-state index in [9.17, 15) is 9.59 Å². The average molecular weight is 392 g/mol. The third-order valence-corrected chi connectivity index (χ3v) is 4.56. The van der Waals surface area contributed by atoms with Crippen molar-refractivity contribution in [1.29, 1.82) is 0 Å². The molecule has 0 saturated carbocycles. The van der Waals surface area contributed by atoms with E-state index in [0.717, 1.165) is 10.0 Å². The summed E-state index contributed by atoms with van der Waals surface area (Å²) in [4.78, 5) is 31.1. The zero-order valence-corrected chi connectivity index (χ0v) is 16.0. The van der Waals surface area contributed by atoms with Crippen LogP contribution in [0.3, 0.4) is 0 Å². The monoisotopic (exact) mass is 391 g/mol. The van der Waals surface area contributed by atoms with Crippen molar-refractivity contribution < 1.29 is 4.79 Å². The lowest BCUT2D eigenvalue weighted by atomic mass is 9.84. The fourth-order valence-electron chi connectivity index (χ4n) is 2.50. The summed E-state index contributed by atoms with van der Waals surface area (Å²) in [5.41, 5.74) is 1.70. The Balaban J connectivity index is 2.03. The van der Waals surface area contributed by atoms with Crippen LogP contribution in [0.4, 0.5) is 0 Å². The summed E-state index contributed by atoms with van der Waals surface area (Å²) >= 11 is 3.42. The molecule has 0 bridgehead atoms. The van der Waals surface area contributed by atoms with Crippen LogP contribution in [0.25, 0.3) is 0 Å². The molecule has 0 spiro atoms. The van der Waals surface area contributed by atoms with E-state index in [1.54, 1.807) is 13.8 Å². The second-order valence-corrected chi connectivity index (χ2v) is 7.48. The number of rotatable bonds is 5. The second-order valence-electron chi connectivity index (χ2n) is 6.56. The molecule has 2 N–H and O–H groups in total. The van der Waals surface area contributed by atoms with Crippen LogP contribution in [0.5, 0.6) is 0 Å². The fourth-order valence-corrected chi connectivity index (χ4v) is 2.77. The van der Waals surface area contributed by atoms with Gasteiger partial charge in [0.25, 0.3) is 5.56 Å². The zero-order valence-electron chi connectivity index (χ0n) is 14.4. The van der Waals surface area contributed by atoms with Gasteiger partial charge in [-0.2, -0.15) is 0 Å². The van der Waals surface area contributed by atoms with Crippen LogP contribution < -0.4 is 10.9 Å². The lowest BCUT2D eigenvalue weighted by Gasteiger charge is -2.25. The van der Waals surface area contributed by atoms with Gasteiger partial charge in [-0.3, -0.25) is 9.59 Å². The standard InChI is InChI=1S/C18H22BrN3O2/c1-11-15(17(24)22-12(2)21-11)9-16(23)20-10-18(3,4)13-5-7-14(19)8-6-13/h5-8H,9-10H2,1-4H3,(H,20,23)(H,21,22,24). The van der Waals surface area contributed by atoms with E-state index in [4.69, 9.17) is 0 Å². The number of aromatic amines is 1. The van der Waals surface area contributed by atoms with Gasteiger partial charge in [-0.05, 0) is 31.5 Å². The topological polar surface area (TPSA) is 74.8 Å². The minimum Gasteiger partial charge on any atom is -0.355 e. The Morgan fingerprint density at radius 2 is 1.88 bits per heavy atom. The maximum atomic E-state index is 12.2. The first-order valence-electron chi connectivity index (χ1n) is 7.78. The van der Waals surface area contributed by atoms with E-state index < -0.39 is 0 Å². The number of aryl methyl sites for hydroxylation is 2. The van der Waals surface area contributed by atoms with Gasteiger partial charge in [0.1, 0.15) is 5.82 Å². The smallest absolute Gasteiger partial charge is 0.254 e.